The number of halogens is 1. The topological polar surface area (TPSA) is 105 Å². The molecule has 1 fully saturated rings. The van der Waals surface area contributed by atoms with E-state index in [1.54, 1.807) is 4.57 Å². The monoisotopic (exact) mass is 405 g/mol. The number of aromatic nitrogens is 4. The van der Waals surface area contributed by atoms with Gasteiger partial charge in [0, 0.05) is 11.0 Å². The number of imidazole rings is 1. The van der Waals surface area contributed by atoms with E-state index in [1.165, 1.54) is 12.7 Å². The highest BCUT2D eigenvalue weighted by atomic mass is 79.9. The van der Waals surface area contributed by atoms with Crippen molar-refractivity contribution < 1.29 is 14.9 Å². The fourth-order valence-corrected chi connectivity index (χ4v) is 3.28. The SMILES string of the molecule is O[C@@H]1[C@H](O)CO[C@H]1n1cnc2c(NCc3cccc(Br)c3)ncnc21. The Labute approximate surface area is 151 Å². The molecule has 130 valence electrons. The van der Waals surface area contributed by atoms with Crippen molar-refractivity contribution in [2.24, 2.45) is 0 Å². The molecular weight excluding hydrogens is 390 g/mol. The van der Waals surface area contributed by atoms with Crippen LogP contribution in [0, 0.1) is 0 Å². The summed E-state index contributed by atoms with van der Waals surface area (Å²) >= 11 is 3.45. The molecule has 4 rings (SSSR count). The van der Waals surface area contributed by atoms with Crippen molar-refractivity contribution in [2.45, 2.75) is 25.0 Å². The van der Waals surface area contributed by atoms with Crippen LogP contribution in [0.4, 0.5) is 5.82 Å². The van der Waals surface area contributed by atoms with Gasteiger partial charge >= 0.3 is 0 Å². The van der Waals surface area contributed by atoms with Gasteiger partial charge in [-0.15, -0.1) is 0 Å². The standard InChI is InChI=1S/C16H16BrN5O3/c17-10-3-1-2-9(4-10)5-18-14-12-15(20-7-19-14)22(8-21-12)16-13(24)11(23)6-25-16/h1-4,7-8,11,13,16,23-24H,5-6H2,(H,18,19,20)/t11-,13-,16-/m1/s1. The number of aliphatic hydroxyl groups is 2. The van der Waals surface area contributed by atoms with Gasteiger partial charge in [0.15, 0.2) is 23.2 Å². The molecule has 3 aromatic rings. The summed E-state index contributed by atoms with van der Waals surface area (Å²) in [4.78, 5) is 12.8. The Hall–Kier alpha value is -2.07. The average Bonchev–Trinajstić information content (AvgIpc) is 3.17. The second-order valence-corrected chi connectivity index (χ2v) is 6.73. The maximum absolute atomic E-state index is 10.0. The smallest absolute Gasteiger partial charge is 0.167 e. The van der Waals surface area contributed by atoms with Gasteiger partial charge in [-0.3, -0.25) is 4.57 Å². The third-order valence-electron chi connectivity index (χ3n) is 4.11. The minimum Gasteiger partial charge on any atom is -0.388 e. The first-order valence-corrected chi connectivity index (χ1v) is 8.56. The predicted molar refractivity (Wildman–Crippen MR) is 93.8 cm³/mol. The second-order valence-electron chi connectivity index (χ2n) is 5.81. The van der Waals surface area contributed by atoms with Crippen LogP contribution in [-0.4, -0.2) is 48.5 Å². The van der Waals surface area contributed by atoms with Crippen molar-refractivity contribution >= 4 is 32.9 Å². The number of anilines is 1. The lowest BCUT2D eigenvalue weighted by Gasteiger charge is -2.16. The third-order valence-corrected chi connectivity index (χ3v) is 4.60. The maximum atomic E-state index is 10.0. The number of fused-ring (bicyclic) bond motifs is 1. The number of rotatable bonds is 4. The minimum absolute atomic E-state index is 0.0740. The molecule has 1 aliphatic heterocycles. The summed E-state index contributed by atoms with van der Waals surface area (Å²) in [6.07, 6.45) is 0.313. The van der Waals surface area contributed by atoms with Gasteiger partial charge in [0.25, 0.3) is 0 Å². The van der Waals surface area contributed by atoms with Crippen LogP contribution in [0.15, 0.2) is 41.4 Å². The lowest BCUT2D eigenvalue weighted by molar-refractivity contribution is -0.0162. The predicted octanol–water partition coefficient (Wildman–Crippen LogP) is 1.45. The molecule has 1 aromatic carbocycles. The molecule has 3 N–H and O–H groups in total. The summed E-state index contributed by atoms with van der Waals surface area (Å²) in [7, 11) is 0. The fourth-order valence-electron chi connectivity index (χ4n) is 2.83. The van der Waals surface area contributed by atoms with E-state index in [0.717, 1.165) is 10.0 Å². The van der Waals surface area contributed by atoms with Crippen LogP contribution < -0.4 is 5.32 Å². The quantitative estimate of drug-likeness (QED) is 0.602. The number of nitrogens with one attached hydrogen (secondary N) is 1. The molecule has 2 aromatic heterocycles. The van der Waals surface area contributed by atoms with Crippen molar-refractivity contribution in [1.29, 1.82) is 0 Å². The van der Waals surface area contributed by atoms with Gasteiger partial charge in [0.05, 0.1) is 12.9 Å². The van der Waals surface area contributed by atoms with E-state index in [1.807, 2.05) is 24.3 Å². The first kappa shape index (κ1) is 16.4. The summed E-state index contributed by atoms with van der Waals surface area (Å²) in [6, 6.07) is 7.97. The minimum atomic E-state index is -1.02. The lowest BCUT2D eigenvalue weighted by Crippen LogP contribution is -2.28. The highest BCUT2D eigenvalue weighted by molar-refractivity contribution is 9.10. The number of aliphatic hydroxyl groups excluding tert-OH is 2. The van der Waals surface area contributed by atoms with E-state index in [9.17, 15) is 10.2 Å². The Bertz CT molecular complexity index is 902. The van der Waals surface area contributed by atoms with E-state index in [0.29, 0.717) is 23.5 Å². The molecule has 1 saturated heterocycles. The fraction of sp³-hybridized carbons (Fsp3) is 0.312. The van der Waals surface area contributed by atoms with Crippen LogP contribution in [0.3, 0.4) is 0 Å². The Morgan fingerprint density at radius 1 is 1.28 bits per heavy atom. The van der Waals surface area contributed by atoms with E-state index < -0.39 is 18.4 Å². The van der Waals surface area contributed by atoms with E-state index in [4.69, 9.17) is 4.74 Å². The Morgan fingerprint density at radius 2 is 2.16 bits per heavy atom. The lowest BCUT2D eigenvalue weighted by atomic mass is 10.2. The van der Waals surface area contributed by atoms with Crippen LogP contribution in [0.2, 0.25) is 0 Å². The molecule has 0 saturated carbocycles. The molecule has 0 radical (unpaired) electrons. The summed E-state index contributed by atoms with van der Waals surface area (Å²) < 4.78 is 8.07. The molecule has 8 nitrogen and oxygen atoms in total. The summed E-state index contributed by atoms with van der Waals surface area (Å²) in [5.74, 6) is 0.594. The van der Waals surface area contributed by atoms with Crippen molar-refractivity contribution in [1.82, 2.24) is 19.5 Å². The molecule has 3 heterocycles. The highest BCUT2D eigenvalue weighted by Gasteiger charge is 2.36. The van der Waals surface area contributed by atoms with Crippen molar-refractivity contribution in [2.75, 3.05) is 11.9 Å². The van der Waals surface area contributed by atoms with Crippen molar-refractivity contribution in [3.05, 3.63) is 47.0 Å². The van der Waals surface area contributed by atoms with Crippen molar-refractivity contribution in [3.8, 4) is 0 Å². The Kier molecular flexibility index (Phi) is 4.38. The largest absolute Gasteiger partial charge is 0.388 e. The highest BCUT2D eigenvalue weighted by Crippen LogP contribution is 2.28. The van der Waals surface area contributed by atoms with Gasteiger partial charge in [0.1, 0.15) is 18.5 Å². The molecule has 0 bridgehead atoms. The zero-order valence-electron chi connectivity index (χ0n) is 13.1. The third kappa shape index (κ3) is 3.11. The normalized spacial score (nSPS) is 23.2. The van der Waals surface area contributed by atoms with E-state index in [-0.39, 0.29) is 6.61 Å². The number of benzene rings is 1. The number of ether oxygens (including phenoxy) is 1. The van der Waals surface area contributed by atoms with Gasteiger partial charge < -0.3 is 20.3 Å². The van der Waals surface area contributed by atoms with Crippen LogP contribution in [0.1, 0.15) is 11.8 Å². The molecule has 0 spiro atoms. The molecule has 25 heavy (non-hydrogen) atoms. The second kappa shape index (κ2) is 6.68. The molecule has 0 aliphatic carbocycles. The van der Waals surface area contributed by atoms with Crippen LogP contribution in [-0.2, 0) is 11.3 Å². The first-order chi connectivity index (χ1) is 12.1. The van der Waals surface area contributed by atoms with Gasteiger partial charge in [-0.2, -0.15) is 0 Å². The van der Waals surface area contributed by atoms with Gasteiger partial charge in [-0.05, 0) is 17.7 Å². The first-order valence-electron chi connectivity index (χ1n) is 7.77. The van der Waals surface area contributed by atoms with Crippen LogP contribution in [0.25, 0.3) is 11.2 Å². The van der Waals surface area contributed by atoms with E-state index >= 15 is 0 Å². The molecule has 0 amide bonds. The Morgan fingerprint density at radius 3 is 2.92 bits per heavy atom. The Balaban J connectivity index is 1.61. The van der Waals surface area contributed by atoms with Crippen LogP contribution >= 0.6 is 15.9 Å². The van der Waals surface area contributed by atoms with Crippen molar-refractivity contribution in [3.63, 3.8) is 0 Å². The van der Waals surface area contributed by atoms with Crippen LogP contribution in [0.5, 0.6) is 0 Å². The molecule has 1 aliphatic rings. The average molecular weight is 406 g/mol. The summed E-state index contributed by atoms with van der Waals surface area (Å²) in [6.45, 7) is 0.657. The maximum Gasteiger partial charge on any atom is 0.167 e. The molecular formula is C16H16BrN5O3. The van der Waals surface area contributed by atoms with Gasteiger partial charge in [-0.1, -0.05) is 28.1 Å². The summed E-state index contributed by atoms with van der Waals surface area (Å²) in [5, 5.41) is 23.0. The molecule has 0 unspecified atom stereocenters. The van der Waals surface area contributed by atoms with Gasteiger partial charge in [0.2, 0.25) is 0 Å². The van der Waals surface area contributed by atoms with Gasteiger partial charge in [-0.25, -0.2) is 15.0 Å². The zero-order valence-corrected chi connectivity index (χ0v) is 14.7. The number of hydrogen-bond donors (Lipinski definition) is 3. The summed E-state index contributed by atoms with van der Waals surface area (Å²) in [5.41, 5.74) is 2.21. The number of hydrogen-bond acceptors (Lipinski definition) is 7. The molecule has 3 atom stereocenters. The number of nitrogens with zero attached hydrogens (tertiary/aromatic N) is 4. The molecule has 9 heteroatoms. The van der Waals surface area contributed by atoms with E-state index in [2.05, 4.69) is 36.2 Å². The zero-order chi connectivity index (χ0) is 17.4.